The van der Waals surface area contributed by atoms with Crippen LogP contribution in [0.5, 0.6) is 0 Å². The molecule has 7 heteroatoms. The average Bonchev–Trinajstić information content (AvgIpc) is 3.63. The molecule has 0 spiro atoms. The molecular weight excluding hydrogens is 400 g/mol. The highest BCUT2D eigenvalue weighted by molar-refractivity contribution is 6.06. The number of pyridine rings is 2. The third kappa shape index (κ3) is 3.93. The summed E-state index contributed by atoms with van der Waals surface area (Å²) in [7, 11) is 2.03. The Morgan fingerprint density at radius 2 is 1.94 bits per heavy atom. The van der Waals surface area contributed by atoms with E-state index in [0.29, 0.717) is 36.0 Å². The summed E-state index contributed by atoms with van der Waals surface area (Å²) in [4.78, 5) is 24.7. The molecule has 0 radical (unpaired) electrons. The lowest BCUT2D eigenvalue weighted by Gasteiger charge is -2.19. The van der Waals surface area contributed by atoms with Gasteiger partial charge in [0.15, 0.2) is 11.5 Å². The largest absolute Gasteiger partial charge is 0.373 e. The lowest BCUT2D eigenvalue weighted by atomic mass is 10.1. The van der Waals surface area contributed by atoms with Gasteiger partial charge in [0, 0.05) is 43.6 Å². The van der Waals surface area contributed by atoms with E-state index in [0.717, 1.165) is 35.3 Å². The van der Waals surface area contributed by atoms with E-state index in [-0.39, 0.29) is 5.91 Å². The molecule has 7 nitrogen and oxygen atoms in total. The molecular formula is C25H26N6O. The van der Waals surface area contributed by atoms with Crippen LogP contribution >= 0.6 is 0 Å². The predicted octanol–water partition coefficient (Wildman–Crippen LogP) is 3.87. The van der Waals surface area contributed by atoms with Gasteiger partial charge in [-0.3, -0.25) is 4.79 Å². The van der Waals surface area contributed by atoms with E-state index in [1.54, 1.807) is 10.9 Å². The summed E-state index contributed by atoms with van der Waals surface area (Å²) in [5.74, 6) is 1.02. The van der Waals surface area contributed by atoms with Crippen LogP contribution < -0.4 is 10.2 Å². The second-order valence-electron chi connectivity index (χ2n) is 8.27. The summed E-state index contributed by atoms with van der Waals surface area (Å²) < 4.78 is 1.75. The van der Waals surface area contributed by atoms with Crippen molar-refractivity contribution >= 4 is 22.6 Å². The minimum Gasteiger partial charge on any atom is -0.373 e. The summed E-state index contributed by atoms with van der Waals surface area (Å²) in [5.41, 5.74) is 4.18. The summed E-state index contributed by atoms with van der Waals surface area (Å²) in [6, 6.07) is 17.8. The van der Waals surface area contributed by atoms with Crippen molar-refractivity contribution in [2.75, 3.05) is 25.0 Å². The van der Waals surface area contributed by atoms with E-state index < -0.39 is 0 Å². The van der Waals surface area contributed by atoms with Gasteiger partial charge in [0.05, 0.1) is 16.6 Å². The third-order valence-corrected chi connectivity index (χ3v) is 5.87. The van der Waals surface area contributed by atoms with Crippen LogP contribution in [0, 0.1) is 6.92 Å². The van der Waals surface area contributed by atoms with E-state index in [1.165, 1.54) is 0 Å². The van der Waals surface area contributed by atoms with Crippen LogP contribution in [-0.4, -0.2) is 45.8 Å². The molecule has 0 unspecified atom stereocenters. The van der Waals surface area contributed by atoms with Crippen LogP contribution in [0.4, 0.5) is 5.69 Å². The van der Waals surface area contributed by atoms with Crippen LogP contribution in [0.2, 0.25) is 0 Å². The Bertz CT molecular complexity index is 1250. The molecule has 5 rings (SSSR count). The van der Waals surface area contributed by atoms with Gasteiger partial charge < -0.3 is 10.2 Å². The van der Waals surface area contributed by atoms with Gasteiger partial charge in [-0.25, -0.2) is 9.97 Å². The fourth-order valence-corrected chi connectivity index (χ4v) is 3.96. The average molecular weight is 427 g/mol. The lowest BCUT2D eigenvalue weighted by molar-refractivity contribution is 0.0956. The van der Waals surface area contributed by atoms with Crippen molar-refractivity contribution in [1.29, 1.82) is 0 Å². The fraction of sp³-hybridized carbons (Fsp3) is 0.280. The first-order valence-electron chi connectivity index (χ1n) is 11.0. The molecule has 1 fully saturated rings. The number of amides is 1. The van der Waals surface area contributed by atoms with E-state index in [9.17, 15) is 4.79 Å². The summed E-state index contributed by atoms with van der Waals surface area (Å²) in [6.07, 6.45) is 3.95. The second-order valence-corrected chi connectivity index (χ2v) is 8.27. The van der Waals surface area contributed by atoms with Crippen molar-refractivity contribution in [2.24, 2.45) is 0 Å². The molecule has 1 aromatic carbocycles. The van der Waals surface area contributed by atoms with Crippen molar-refractivity contribution in [3.05, 3.63) is 77.7 Å². The number of anilines is 1. The molecule has 3 heterocycles. The quantitative estimate of drug-likeness (QED) is 0.486. The number of carbonyl (C=O) groups excluding carboxylic acids is 1. The highest BCUT2D eigenvalue weighted by atomic mass is 16.1. The van der Waals surface area contributed by atoms with Gasteiger partial charge in [-0.15, -0.1) is 0 Å². The molecule has 1 amide bonds. The number of aromatic nitrogens is 4. The first kappa shape index (κ1) is 20.2. The summed E-state index contributed by atoms with van der Waals surface area (Å²) in [5, 5.41) is 8.56. The zero-order valence-corrected chi connectivity index (χ0v) is 18.3. The van der Waals surface area contributed by atoms with Crippen LogP contribution in [0.3, 0.4) is 0 Å². The molecule has 1 saturated carbocycles. The SMILES string of the molecule is Cc1nn(-c2ccccn2)c2nc(C3CC3)cc(C(=O)NCCN(C)c3ccccc3)c12. The Balaban J connectivity index is 1.44. The smallest absolute Gasteiger partial charge is 0.252 e. The number of carbonyl (C=O) groups is 1. The monoisotopic (exact) mass is 426 g/mol. The Hall–Kier alpha value is -3.74. The van der Waals surface area contributed by atoms with Gasteiger partial charge in [0.1, 0.15) is 0 Å². The number of nitrogens with zero attached hydrogens (tertiary/aromatic N) is 5. The van der Waals surface area contributed by atoms with Gasteiger partial charge in [-0.2, -0.15) is 9.78 Å². The van der Waals surface area contributed by atoms with Crippen LogP contribution in [0.15, 0.2) is 60.8 Å². The summed E-state index contributed by atoms with van der Waals surface area (Å²) >= 11 is 0. The number of hydrogen-bond donors (Lipinski definition) is 1. The number of rotatable bonds is 7. The zero-order chi connectivity index (χ0) is 22.1. The Morgan fingerprint density at radius 3 is 2.66 bits per heavy atom. The van der Waals surface area contributed by atoms with Gasteiger partial charge in [0.2, 0.25) is 0 Å². The van der Waals surface area contributed by atoms with Gasteiger partial charge in [0.25, 0.3) is 5.91 Å². The molecule has 4 aromatic rings. The number of hydrogen-bond acceptors (Lipinski definition) is 5. The topological polar surface area (TPSA) is 75.9 Å². The van der Waals surface area contributed by atoms with Crippen molar-refractivity contribution in [1.82, 2.24) is 25.1 Å². The molecule has 32 heavy (non-hydrogen) atoms. The molecule has 1 N–H and O–H groups in total. The molecule has 1 aliphatic rings. The molecule has 0 aliphatic heterocycles. The van der Waals surface area contributed by atoms with E-state index >= 15 is 0 Å². The van der Waals surface area contributed by atoms with E-state index in [1.807, 2.05) is 56.4 Å². The molecule has 0 atom stereocenters. The minimum absolute atomic E-state index is 0.0931. The highest BCUT2D eigenvalue weighted by Crippen LogP contribution is 2.40. The van der Waals surface area contributed by atoms with Gasteiger partial charge in [-0.05, 0) is 50.1 Å². The summed E-state index contributed by atoms with van der Waals surface area (Å²) in [6.45, 7) is 3.17. The van der Waals surface area contributed by atoms with Crippen LogP contribution in [0.25, 0.3) is 16.9 Å². The Labute approximate surface area is 187 Å². The fourth-order valence-electron chi connectivity index (χ4n) is 3.96. The van der Waals surface area contributed by atoms with Gasteiger partial charge >= 0.3 is 0 Å². The third-order valence-electron chi connectivity index (χ3n) is 5.87. The number of nitrogens with one attached hydrogen (secondary N) is 1. The van der Waals surface area contributed by atoms with E-state index in [4.69, 9.17) is 4.98 Å². The maximum Gasteiger partial charge on any atom is 0.252 e. The number of para-hydroxylation sites is 1. The standard InChI is InChI=1S/C25H26N6O/c1-17-23-20(25(32)27-14-15-30(2)19-8-4-3-5-9-19)16-21(18-11-12-18)28-24(23)31(29-17)22-10-6-7-13-26-22/h3-10,13,16,18H,11-12,14-15H2,1-2H3,(H,27,32). The molecule has 0 bridgehead atoms. The maximum atomic E-state index is 13.3. The first-order valence-corrected chi connectivity index (χ1v) is 11.0. The van der Waals surface area contributed by atoms with Crippen LogP contribution in [-0.2, 0) is 0 Å². The van der Waals surface area contributed by atoms with Crippen molar-refractivity contribution < 1.29 is 4.79 Å². The molecule has 1 aliphatic carbocycles. The minimum atomic E-state index is -0.0931. The van der Waals surface area contributed by atoms with E-state index in [2.05, 4.69) is 32.4 Å². The van der Waals surface area contributed by atoms with Crippen molar-refractivity contribution in [3.63, 3.8) is 0 Å². The maximum absolute atomic E-state index is 13.3. The number of fused-ring (bicyclic) bond motifs is 1. The Morgan fingerprint density at radius 1 is 1.16 bits per heavy atom. The number of likely N-dealkylation sites (N-methyl/N-ethyl adjacent to an activating group) is 1. The number of aryl methyl sites for hydroxylation is 1. The lowest BCUT2D eigenvalue weighted by Crippen LogP contribution is -2.33. The highest BCUT2D eigenvalue weighted by Gasteiger charge is 2.29. The van der Waals surface area contributed by atoms with Crippen molar-refractivity contribution in [2.45, 2.75) is 25.7 Å². The molecule has 0 saturated heterocycles. The zero-order valence-electron chi connectivity index (χ0n) is 18.3. The van der Waals surface area contributed by atoms with Crippen LogP contribution in [0.1, 0.15) is 40.5 Å². The Kier molecular flexibility index (Phi) is 5.31. The second kappa shape index (κ2) is 8.42. The predicted molar refractivity (Wildman–Crippen MR) is 125 cm³/mol. The molecule has 162 valence electrons. The first-order chi connectivity index (χ1) is 15.6. The normalized spacial score (nSPS) is 13.3. The molecule has 3 aromatic heterocycles. The number of benzene rings is 1. The van der Waals surface area contributed by atoms with Crippen molar-refractivity contribution in [3.8, 4) is 5.82 Å². The van der Waals surface area contributed by atoms with Gasteiger partial charge in [-0.1, -0.05) is 24.3 Å².